The third-order valence-electron chi connectivity index (χ3n) is 11.3. The van der Waals surface area contributed by atoms with E-state index in [1.54, 1.807) is 23.9 Å². The fourth-order valence-electron chi connectivity index (χ4n) is 8.20. The summed E-state index contributed by atoms with van der Waals surface area (Å²) < 4.78 is 31.6. The summed E-state index contributed by atoms with van der Waals surface area (Å²) in [4.78, 5) is 30.8. The van der Waals surface area contributed by atoms with Gasteiger partial charge in [0.1, 0.15) is 5.69 Å². The minimum Gasteiger partial charge on any atom is -0.376 e. The van der Waals surface area contributed by atoms with Gasteiger partial charge in [0.15, 0.2) is 0 Å². The van der Waals surface area contributed by atoms with Crippen LogP contribution in [0.4, 0.5) is 11.4 Å². The van der Waals surface area contributed by atoms with Gasteiger partial charge in [0.2, 0.25) is 0 Å². The van der Waals surface area contributed by atoms with E-state index in [1.165, 1.54) is 37.0 Å². The summed E-state index contributed by atoms with van der Waals surface area (Å²) in [5.74, 6) is -0.153. The Hall–Kier alpha value is -5.18. The molecule has 60 heavy (non-hydrogen) atoms. The molecule has 8 rings (SSSR count). The lowest BCUT2D eigenvalue weighted by atomic mass is 9.99. The first-order chi connectivity index (χ1) is 29.1. The molecule has 1 saturated heterocycles. The number of nitrogens with one attached hydrogen (secondary N) is 2. The van der Waals surface area contributed by atoms with Gasteiger partial charge < -0.3 is 14.8 Å². The summed E-state index contributed by atoms with van der Waals surface area (Å²) >= 11 is 7.82. The number of carbonyl (C=O) groups is 1. The van der Waals surface area contributed by atoms with Crippen molar-refractivity contribution in [1.29, 1.82) is 0 Å². The normalized spacial score (nSPS) is 15.3. The van der Waals surface area contributed by atoms with Crippen LogP contribution >= 0.6 is 23.4 Å². The minimum atomic E-state index is -4.46. The van der Waals surface area contributed by atoms with E-state index in [2.05, 4.69) is 42.6 Å². The van der Waals surface area contributed by atoms with Gasteiger partial charge in [-0.1, -0.05) is 72.6 Å². The van der Waals surface area contributed by atoms with E-state index < -0.39 is 20.9 Å². The van der Waals surface area contributed by atoms with Gasteiger partial charge in [-0.2, -0.15) is 0 Å². The van der Waals surface area contributed by atoms with Crippen LogP contribution in [0.2, 0.25) is 5.02 Å². The summed E-state index contributed by atoms with van der Waals surface area (Å²) in [6, 6.07) is 37.1. The molecule has 2 aliphatic heterocycles. The first kappa shape index (κ1) is 41.5. The lowest BCUT2D eigenvalue weighted by Gasteiger charge is -2.29. The van der Waals surface area contributed by atoms with Crippen molar-refractivity contribution in [2.75, 3.05) is 37.2 Å². The average Bonchev–Trinajstić information content (AvgIpc) is 3.63. The van der Waals surface area contributed by atoms with Crippen molar-refractivity contribution in [2.45, 2.75) is 61.2 Å². The van der Waals surface area contributed by atoms with Crippen LogP contribution in [0.1, 0.15) is 47.3 Å². The maximum absolute atomic E-state index is 13.6. The summed E-state index contributed by atoms with van der Waals surface area (Å²) in [5.41, 5.74) is 5.57. The number of nitro benzene ring substituents is 1. The number of fused-ring (bicyclic) bond motifs is 3. The van der Waals surface area contributed by atoms with Gasteiger partial charge in [-0.25, -0.2) is 13.1 Å². The van der Waals surface area contributed by atoms with E-state index in [4.69, 9.17) is 11.6 Å². The molecular formula is C46H47ClN6O5S2. The van der Waals surface area contributed by atoms with Crippen LogP contribution in [0, 0.1) is 10.1 Å². The number of likely N-dealkylation sites (tertiary alicyclic amines) is 1. The first-order valence-electron chi connectivity index (χ1n) is 20.3. The SMILES string of the molecule is O=C(NS(=O)(=O)c1ccc(NC(CCN2CCCCC2)CSc2ccccc2)c([N+](=O)[O-])c1)c1ccc2c(c1)cc1n2CCN(Cc2ccccc2-c2ccc(Cl)cc2)C1. The quantitative estimate of drug-likeness (QED) is 0.0589. The predicted molar refractivity (Wildman–Crippen MR) is 240 cm³/mol. The number of halogens is 1. The molecule has 14 heteroatoms. The predicted octanol–water partition coefficient (Wildman–Crippen LogP) is 9.45. The number of carbonyl (C=O) groups excluding carboxylic acids is 1. The Balaban J connectivity index is 0.949. The van der Waals surface area contributed by atoms with Crippen LogP contribution in [-0.2, 0) is 29.7 Å². The van der Waals surface area contributed by atoms with Gasteiger partial charge in [0.25, 0.3) is 21.6 Å². The Labute approximate surface area is 359 Å². The molecule has 3 heterocycles. The zero-order valence-electron chi connectivity index (χ0n) is 33.1. The number of rotatable bonds is 15. The van der Waals surface area contributed by atoms with E-state index in [0.717, 1.165) is 84.4 Å². The average molecular weight is 864 g/mol. The van der Waals surface area contributed by atoms with Crippen molar-refractivity contribution in [3.63, 3.8) is 0 Å². The van der Waals surface area contributed by atoms with Crippen molar-refractivity contribution in [3.8, 4) is 11.1 Å². The van der Waals surface area contributed by atoms with Gasteiger partial charge in [-0.3, -0.25) is 19.8 Å². The highest BCUT2D eigenvalue weighted by Crippen LogP contribution is 2.32. The second-order valence-electron chi connectivity index (χ2n) is 15.5. The highest BCUT2D eigenvalue weighted by molar-refractivity contribution is 7.99. The molecule has 1 atom stereocenters. The van der Waals surface area contributed by atoms with Gasteiger partial charge >= 0.3 is 0 Å². The van der Waals surface area contributed by atoms with E-state index in [9.17, 15) is 23.3 Å². The fourth-order valence-corrected chi connectivity index (χ4v) is 10.3. The van der Waals surface area contributed by atoms with Crippen LogP contribution in [0.15, 0.2) is 131 Å². The molecule has 2 aliphatic rings. The molecule has 310 valence electrons. The number of aromatic nitrogens is 1. The molecule has 1 fully saturated rings. The number of piperidine rings is 1. The van der Waals surface area contributed by atoms with Gasteiger partial charge in [-0.15, -0.1) is 11.8 Å². The first-order valence-corrected chi connectivity index (χ1v) is 23.1. The van der Waals surface area contributed by atoms with Crippen LogP contribution in [0.5, 0.6) is 0 Å². The van der Waals surface area contributed by atoms with Gasteiger partial charge in [0.05, 0.1) is 9.82 Å². The number of hydrogen-bond acceptors (Lipinski definition) is 9. The smallest absolute Gasteiger partial charge is 0.293 e. The zero-order chi connectivity index (χ0) is 41.6. The molecule has 2 N–H and O–H groups in total. The summed E-state index contributed by atoms with van der Waals surface area (Å²) in [6.07, 6.45) is 4.33. The van der Waals surface area contributed by atoms with E-state index in [1.807, 2.05) is 72.8 Å². The minimum absolute atomic E-state index is 0.118. The van der Waals surface area contributed by atoms with Crippen LogP contribution in [-0.4, -0.2) is 71.6 Å². The Morgan fingerprint density at radius 1 is 0.833 bits per heavy atom. The van der Waals surface area contributed by atoms with Crippen LogP contribution in [0.3, 0.4) is 0 Å². The Bertz CT molecular complexity index is 2600. The highest BCUT2D eigenvalue weighted by atomic mass is 35.5. The van der Waals surface area contributed by atoms with E-state index >= 15 is 0 Å². The molecule has 1 unspecified atom stereocenters. The maximum Gasteiger partial charge on any atom is 0.293 e. The molecule has 1 aromatic heterocycles. The number of hydrogen-bond donors (Lipinski definition) is 2. The highest BCUT2D eigenvalue weighted by Gasteiger charge is 2.27. The lowest BCUT2D eigenvalue weighted by molar-refractivity contribution is -0.384. The zero-order valence-corrected chi connectivity index (χ0v) is 35.5. The van der Waals surface area contributed by atoms with Crippen molar-refractivity contribution in [2.24, 2.45) is 0 Å². The Kier molecular flexibility index (Phi) is 12.9. The number of benzene rings is 5. The third-order valence-corrected chi connectivity index (χ3v) is 14.1. The van der Waals surface area contributed by atoms with Crippen LogP contribution < -0.4 is 10.0 Å². The van der Waals surface area contributed by atoms with Gasteiger partial charge in [-0.05, 0) is 110 Å². The Morgan fingerprint density at radius 3 is 2.38 bits per heavy atom. The molecule has 5 aromatic carbocycles. The molecule has 0 aliphatic carbocycles. The second kappa shape index (κ2) is 18.6. The number of sulfonamides is 1. The number of thioether (sulfide) groups is 1. The molecule has 6 aromatic rings. The molecule has 0 radical (unpaired) electrons. The monoisotopic (exact) mass is 862 g/mol. The van der Waals surface area contributed by atoms with E-state index in [0.29, 0.717) is 17.3 Å². The van der Waals surface area contributed by atoms with Crippen molar-refractivity contribution in [1.82, 2.24) is 19.1 Å². The maximum atomic E-state index is 13.6. The molecule has 1 amide bonds. The summed E-state index contributed by atoms with van der Waals surface area (Å²) in [5, 5.41) is 17.3. The number of nitro groups is 1. The second-order valence-corrected chi connectivity index (χ2v) is 18.7. The summed E-state index contributed by atoms with van der Waals surface area (Å²) in [6.45, 7) is 5.99. The van der Waals surface area contributed by atoms with E-state index in [-0.39, 0.29) is 27.9 Å². The Morgan fingerprint density at radius 2 is 1.60 bits per heavy atom. The number of amides is 1. The lowest BCUT2D eigenvalue weighted by Crippen LogP contribution is -2.35. The summed E-state index contributed by atoms with van der Waals surface area (Å²) in [7, 11) is -4.46. The van der Waals surface area contributed by atoms with Crippen molar-refractivity contribution in [3.05, 3.63) is 153 Å². The molecule has 0 saturated carbocycles. The number of anilines is 1. The standard InChI is InChI=1S/C46H47ClN6O5S2/c47-37-16-13-33(14-17-37)42-12-6-5-9-35(42)30-51-25-26-52-39(31-51)28-36-27-34(15-20-44(36)52)46(54)49-60(57,58)41-18-19-43(45(29-41)53(55)56)48-38(21-24-50-22-7-2-8-23-50)32-59-40-10-3-1-4-11-40/h1,3-6,9-20,27-29,38,48H,2,7-8,21-26,30-32H2,(H,49,54). The molecule has 0 spiro atoms. The third kappa shape index (κ3) is 9.88. The molecular weight excluding hydrogens is 816 g/mol. The molecule has 0 bridgehead atoms. The fraction of sp³-hybridized carbons (Fsp3) is 0.283. The largest absolute Gasteiger partial charge is 0.376 e. The topological polar surface area (TPSA) is 130 Å². The molecule has 11 nitrogen and oxygen atoms in total. The number of nitrogens with zero attached hydrogens (tertiary/aromatic N) is 4. The van der Waals surface area contributed by atoms with Crippen LogP contribution in [0.25, 0.3) is 22.0 Å². The van der Waals surface area contributed by atoms with Crippen molar-refractivity contribution >= 4 is 61.6 Å². The van der Waals surface area contributed by atoms with Gasteiger partial charge in [0, 0.05) is 82.7 Å². The van der Waals surface area contributed by atoms with Crippen molar-refractivity contribution < 1.29 is 18.1 Å².